The van der Waals surface area contributed by atoms with Crippen LogP contribution in [0.4, 0.5) is 5.69 Å². The van der Waals surface area contributed by atoms with E-state index < -0.39 is 5.97 Å². The van der Waals surface area contributed by atoms with Gasteiger partial charge in [0.05, 0.1) is 24.1 Å². The predicted octanol–water partition coefficient (Wildman–Crippen LogP) is 1.56. The van der Waals surface area contributed by atoms with Crippen LogP contribution in [0.1, 0.15) is 24.2 Å². The van der Waals surface area contributed by atoms with Gasteiger partial charge in [-0.3, -0.25) is 0 Å². The highest BCUT2D eigenvalue weighted by Gasteiger charge is 2.15. The van der Waals surface area contributed by atoms with Gasteiger partial charge in [-0.25, -0.2) is 9.78 Å². The van der Waals surface area contributed by atoms with Crippen molar-refractivity contribution in [1.82, 2.24) is 4.98 Å². The second kappa shape index (κ2) is 7.23. The summed E-state index contributed by atoms with van der Waals surface area (Å²) in [5.41, 5.74) is 6.43. The molecular weight excluding hydrogens is 252 g/mol. The molecule has 0 fully saturated rings. The van der Waals surface area contributed by atoms with Gasteiger partial charge in [0.15, 0.2) is 0 Å². The van der Waals surface area contributed by atoms with E-state index in [2.05, 4.69) is 4.98 Å². The quantitative estimate of drug-likeness (QED) is 0.602. The topological polar surface area (TPSA) is 85.4 Å². The van der Waals surface area contributed by atoms with Crippen LogP contribution < -0.4 is 5.73 Å². The molecule has 0 aliphatic rings. The van der Waals surface area contributed by atoms with E-state index in [1.807, 2.05) is 6.92 Å². The predicted molar refractivity (Wildman–Crippen MR) is 71.6 cm³/mol. The fraction of sp³-hybridized carbons (Fsp3) is 0.500. The van der Waals surface area contributed by atoms with Crippen molar-refractivity contribution in [2.45, 2.75) is 18.9 Å². The molecule has 1 rings (SSSR count). The van der Waals surface area contributed by atoms with Crippen LogP contribution in [-0.4, -0.2) is 35.0 Å². The van der Waals surface area contributed by atoms with Gasteiger partial charge in [0.25, 0.3) is 0 Å². The van der Waals surface area contributed by atoms with Crippen molar-refractivity contribution >= 4 is 23.4 Å². The number of aliphatic hydroxyl groups is 1. The lowest BCUT2D eigenvalue weighted by Gasteiger charge is -2.10. The highest BCUT2D eigenvalue weighted by molar-refractivity contribution is 7.99. The molecule has 1 heterocycles. The summed E-state index contributed by atoms with van der Waals surface area (Å²) in [7, 11) is 0. The first-order valence-electron chi connectivity index (χ1n) is 5.74. The summed E-state index contributed by atoms with van der Waals surface area (Å²) in [5.74, 6) is 0.403. The number of nitrogen functional groups attached to an aromatic ring is 1. The standard InChI is InChI=1S/C12H18N2O3S/c1-3-17-12(16)10-4-9(13)5-14-11(10)18-7-8(2)6-15/h4-5,8,15H,3,6-7,13H2,1-2H3. The number of thioether (sulfide) groups is 1. The Morgan fingerprint density at radius 3 is 3.00 bits per heavy atom. The SMILES string of the molecule is CCOC(=O)c1cc(N)cnc1SCC(C)CO. The lowest BCUT2D eigenvalue weighted by atomic mass is 10.2. The Balaban J connectivity index is 2.86. The third kappa shape index (κ3) is 4.19. The number of hydrogen-bond acceptors (Lipinski definition) is 6. The molecule has 0 radical (unpaired) electrons. The number of aromatic nitrogens is 1. The van der Waals surface area contributed by atoms with Gasteiger partial charge in [-0.2, -0.15) is 0 Å². The largest absolute Gasteiger partial charge is 0.462 e. The number of hydrogen-bond donors (Lipinski definition) is 2. The smallest absolute Gasteiger partial charge is 0.340 e. The molecule has 1 unspecified atom stereocenters. The summed E-state index contributed by atoms with van der Waals surface area (Å²) in [5, 5.41) is 9.56. The molecular formula is C12H18N2O3S. The second-order valence-electron chi connectivity index (χ2n) is 3.94. The molecule has 5 nitrogen and oxygen atoms in total. The third-order valence-electron chi connectivity index (χ3n) is 2.18. The van der Waals surface area contributed by atoms with E-state index in [-0.39, 0.29) is 12.5 Å². The first-order valence-corrected chi connectivity index (χ1v) is 6.73. The van der Waals surface area contributed by atoms with Crippen LogP contribution in [0.15, 0.2) is 17.3 Å². The zero-order valence-corrected chi connectivity index (χ0v) is 11.4. The van der Waals surface area contributed by atoms with E-state index in [0.717, 1.165) is 0 Å². The summed E-state index contributed by atoms with van der Waals surface area (Å²) in [6.07, 6.45) is 1.51. The number of pyridine rings is 1. The highest BCUT2D eigenvalue weighted by Crippen LogP contribution is 2.24. The summed E-state index contributed by atoms with van der Waals surface area (Å²) in [6.45, 7) is 4.09. The molecule has 0 aliphatic carbocycles. The van der Waals surface area contributed by atoms with Crippen molar-refractivity contribution in [3.05, 3.63) is 17.8 Å². The van der Waals surface area contributed by atoms with Crippen molar-refractivity contribution in [2.75, 3.05) is 24.7 Å². The summed E-state index contributed by atoms with van der Waals surface area (Å²) in [4.78, 5) is 15.9. The average molecular weight is 270 g/mol. The fourth-order valence-electron chi connectivity index (χ4n) is 1.21. The third-order valence-corrected chi connectivity index (χ3v) is 3.52. The summed E-state index contributed by atoms with van der Waals surface area (Å²) < 4.78 is 4.96. The van der Waals surface area contributed by atoms with Crippen molar-refractivity contribution in [3.8, 4) is 0 Å². The van der Waals surface area contributed by atoms with Gasteiger partial charge in [-0.1, -0.05) is 6.92 Å². The minimum absolute atomic E-state index is 0.108. The van der Waals surface area contributed by atoms with E-state index >= 15 is 0 Å². The lowest BCUT2D eigenvalue weighted by Crippen LogP contribution is -2.10. The molecule has 1 aromatic heterocycles. The number of carbonyl (C=O) groups excluding carboxylic acids is 1. The zero-order valence-electron chi connectivity index (χ0n) is 10.5. The number of anilines is 1. The number of carbonyl (C=O) groups is 1. The maximum atomic E-state index is 11.8. The van der Waals surface area contributed by atoms with Crippen LogP contribution >= 0.6 is 11.8 Å². The van der Waals surface area contributed by atoms with Crippen LogP contribution in [0.2, 0.25) is 0 Å². The van der Waals surface area contributed by atoms with E-state index in [1.165, 1.54) is 18.0 Å². The van der Waals surface area contributed by atoms with E-state index in [0.29, 0.717) is 28.6 Å². The Bertz CT molecular complexity index is 412. The molecule has 0 saturated carbocycles. The molecule has 1 atom stereocenters. The van der Waals surface area contributed by atoms with Crippen LogP contribution in [0.5, 0.6) is 0 Å². The zero-order chi connectivity index (χ0) is 13.5. The summed E-state index contributed by atoms with van der Waals surface area (Å²) >= 11 is 1.42. The number of esters is 1. The number of aliphatic hydroxyl groups excluding tert-OH is 1. The Morgan fingerprint density at radius 1 is 1.67 bits per heavy atom. The van der Waals surface area contributed by atoms with Gasteiger partial charge in [0.1, 0.15) is 5.03 Å². The lowest BCUT2D eigenvalue weighted by molar-refractivity contribution is 0.0521. The van der Waals surface area contributed by atoms with Crippen LogP contribution in [0.25, 0.3) is 0 Å². The molecule has 3 N–H and O–H groups in total. The molecule has 18 heavy (non-hydrogen) atoms. The van der Waals surface area contributed by atoms with Gasteiger partial charge < -0.3 is 15.6 Å². The summed E-state index contributed by atoms with van der Waals surface area (Å²) in [6, 6.07) is 1.57. The van der Waals surface area contributed by atoms with E-state index in [4.69, 9.17) is 15.6 Å². The van der Waals surface area contributed by atoms with Crippen LogP contribution in [0, 0.1) is 5.92 Å². The Kier molecular flexibility index (Phi) is 5.94. The Morgan fingerprint density at radius 2 is 2.39 bits per heavy atom. The minimum Gasteiger partial charge on any atom is -0.462 e. The van der Waals surface area contributed by atoms with E-state index in [9.17, 15) is 4.79 Å². The molecule has 0 saturated heterocycles. The van der Waals surface area contributed by atoms with Crippen LogP contribution in [0.3, 0.4) is 0 Å². The highest BCUT2D eigenvalue weighted by atomic mass is 32.2. The maximum absolute atomic E-state index is 11.8. The van der Waals surface area contributed by atoms with Crippen molar-refractivity contribution < 1.29 is 14.6 Å². The normalized spacial score (nSPS) is 12.2. The molecule has 0 aliphatic heterocycles. The molecule has 0 aromatic carbocycles. The number of nitrogens with two attached hydrogens (primary N) is 1. The Labute approximate surface area is 111 Å². The molecule has 1 aromatic rings. The van der Waals surface area contributed by atoms with Gasteiger partial charge in [-0.05, 0) is 18.9 Å². The maximum Gasteiger partial charge on any atom is 0.340 e. The van der Waals surface area contributed by atoms with Crippen molar-refractivity contribution in [1.29, 1.82) is 0 Å². The van der Waals surface area contributed by atoms with Gasteiger partial charge in [0, 0.05) is 12.4 Å². The molecule has 100 valence electrons. The minimum atomic E-state index is -0.420. The molecule has 0 amide bonds. The van der Waals surface area contributed by atoms with Gasteiger partial charge in [-0.15, -0.1) is 11.8 Å². The molecule has 6 heteroatoms. The number of rotatable bonds is 6. The van der Waals surface area contributed by atoms with Crippen molar-refractivity contribution in [3.63, 3.8) is 0 Å². The molecule has 0 spiro atoms. The van der Waals surface area contributed by atoms with Crippen LogP contribution in [-0.2, 0) is 4.74 Å². The first-order chi connectivity index (χ1) is 8.58. The fourth-order valence-corrected chi connectivity index (χ4v) is 2.19. The molecule has 0 bridgehead atoms. The first kappa shape index (κ1) is 14.8. The van der Waals surface area contributed by atoms with Gasteiger partial charge in [0.2, 0.25) is 0 Å². The second-order valence-corrected chi connectivity index (χ2v) is 4.95. The van der Waals surface area contributed by atoms with Crippen molar-refractivity contribution in [2.24, 2.45) is 5.92 Å². The number of nitrogens with zero attached hydrogens (tertiary/aromatic N) is 1. The van der Waals surface area contributed by atoms with Gasteiger partial charge >= 0.3 is 5.97 Å². The average Bonchev–Trinajstić information content (AvgIpc) is 2.37. The van der Waals surface area contributed by atoms with E-state index in [1.54, 1.807) is 13.0 Å². The Hall–Kier alpha value is -1.27. The monoisotopic (exact) mass is 270 g/mol. The number of ether oxygens (including phenoxy) is 1.